The van der Waals surface area contributed by atoms with Gasteiger partial charge in [-0.15, -0.1) is 0 Å². The van der Waals surface area contributed by atoms with Gasteiger partial charge in [0, 0.05) is 58.9 Å². The first-order valence-electron chi connectivity index (χ1n) is 11.9. The number of sulfonamides is 1. The number of aliphatic hydroxyl groups excluding tert-OH is 2. The van der Waals surface area contributed by atoms with E-state index in [9.17, 15) is 28.2 Å². The van der Waals surface area contributed by atoms with Gasteiger partial charge in [0.1, 0.15) is 6.04 Å². The van der Waals surface area contributed by atoms with Gasteiger partial charge < -0.3 is 20.4 Å². The molecule has 0 saturated carbocycles. The minimum atomic E-state index is -4.22. The number of carboxylic acids is 2. The van der Waals surface area contributed by atoms with E-state index in [4.69, 9.17) is 10.2 Å². The molecule has 0 aliphatic carbocycles. The number of carbonyl (C=O) groups is 2. The van der Waals surface area contributed by atoms with Gasteiger partial charge in [0.25, 0.3) is 0 Å². The van der Waals surface area contributed by atoms with Crippen LogP contribution in [0.4, 0.5) is 0 Å². The first-order chi connectivity index (χ1) is 16.9. The summed E-state index contributed by atoms with van der Waals surface area (Å²) in [5, 5.41) is 37.6. The maximum atomic E-state index is 12.6. The van der Waals surface area contributed by atoms with Gasteiger partial charge in [-0.05, 0) is 31.5 Å². The second kappa shape index (κ2) is 14.0. The van der Waals surface area contributed by atoms with Gasteiger partial charge in [-0.1, -0.05) is 12.1 Å². The molecule has 1 unspecified atom stereocenters. The molecular formula is C23H38N4O8S. The highest BCUT2D eigenvalue weighted by atomic mass is 32.2. The number of nitrogens with one attached hydrogen (secondary N) is 1. The van der Waals surface area contributed by atoms with E-state index in [1.165, 1.54) is 12.1 Å². The summed E-state index contributed by atoms with van der Waals surface area (Å²) in [6.07, 6.45) is -1.78. The Labute approximate surface area is 212 Å². The molecule has 1 aliphatic heterocycles. The number of hydrogen-bond acceptors (Lipinski definition) is 9. The molecule has 1 aromatic rings. The lowest BCUT2D eigenvalue weighted by molar-refractivity contribution is -0.145. The van der Waals surface area contributed by atoms with E-state index >= 15 is 0 Å². The smallest absolute Gasteiger partial charge is 0.322 e. The number of aliphatic carboxylic acids is 2. The van der Waals surface area contributed by atoms with Gasteiger partial charge in [-0.3, -0.25) is 24.3 Å². The first-order valence-corrected chi connectivity index (χ1v) is 13.4. The highest BCUT2D eigenvalue weighted by Crippen LogP contribution is 2.14. The number of β-amino-alcohol motifs (C(OH)–C–C–N with tert-alkyl or cyclic N) is 2. The molecule has 0 spiro atoms. The second-order valence-corrected chi connectivity index (χ2v) is 11.0. The fourth-order valence-corrected chi connectivity index (χ4v) is 5.29. The summed E-state index contributed by atoms with van der Waals surface area (Å²) in [5.74, 6) is -3.00. The summed E-state index contributed by atoms with van der Waals surface area (Å²) in [6, 6.07) is 4.26. The maximum Gasteiger partial charge on any atom is 0.322 e. The van der Waals surface area contributed by atoms with Crippen molar-refractivity contribution in [2.45, 2.75) is 50.0 Å². The number of hydrogen-bond donors (Lipinski definition) is 5. The summed E-state index contributed by atoms with van der Waals surface area (Å²) < 4.78 is 27.1. The molecule has 0 radical (unpaired) electrons. The fraction of sp³-hybridized carbons (Fsp3) is 0.652. The Morgan fingerprint density at radius 2 is 1.31 bits per heavy atom. The third kappa shape index (κ3) is 10.5. The number of aliphatic hydroxyl groups is 2. The van der Waals surface area contributed by atoms with Crippen LogP contribution >= 0.6 is 0 Å². The van der Waals surface area contributed by atoms with E-state index in [2.05, 4.69) is 14.7 Å². The minimum Gasteiger partial charge on any atom is -0.481 e. The SMILES string of the molecule is C[C@H](O)CN1CCN(Cc2ccc(S(=O)(=O)NC(CC(=O)O)C(=O)O)cc2)CCN(C[C@H](C)O)CC1. The van der Waals surface area contributed by atoms with Gasteiger partial charge in [-0.2, -0.15) is 4.72 Å². The molecule has 1 aliphatic rings. The van der Waals surface area contributed by atoms with E-state index in [1.807, 2.05) is 4.72 Å². The summed E-state index contributed by atoms with van der Waals surface area (Å²) in [5.41, 5.74) is 0.859. The van der Waals surface area contributed by atoms with Crippen molar-refractivity contribution in [2.75, 3.05) is 52.4 Å². The molecule has 204 valence electrons. The zero-order valence-electron chi connectivity index (χ0n) is 20.8. The molecule has 13 heteroatoms. The van der Waals surface area contributed by atoms with E-state index in [0.29, 0.717) is 19.6 Å². The highest BCUT2D eigenvalue weighted by Gasteiger charge is 2.27. The molecule has 1 heterocycles. The lowest BCUT2D eigenvalue weighted by Crippen LogP contribution is -2.42. The van der Waals surface area contributed by atoms with E-state index < -0.39 is 46.6 Å². The average molecular weight is 531 g/mol. The Morgan fingerprint density at radius 1 is 0.861 bits per heavy atom. The number of nitrogens with zero attached hydrogens (tertiary/aromatic N) is 3. The fourth-order valence-electron chi connectivity index (χ4n) is 4.10. The molecular weight excluding hydrogens is 492 g/mol. The zero-order valence-corrected chi connectivity index (χ0v) is 21.6. The van der Waals surface area contributed by atoms with Crippen LogP contribution in [0.2, 0.25) is 0 Å². The first kappa shape index (κ1) is 30.1. The summed E-state index contributed by atoms with van der Waals surface area (Å²) in [7, 11) is -4.22. The van der Waals surface area contributed by atoms with Crippen molar-refractivity contribution in [1.82, 2.24) is 19.4 Å². The monoisotopic (exact) mass is 530 g/mol. The van der Waals surface area contributed by atoms with Crippen molar-refractivity contribution in [3.8, 4) is 0 Å². The summed E-state index contributed by atoms with van der Waals surface area (Å²) in [4.78, 5) is 28.5. The molecule has 1 saturated heterocycles. The van der Waals surface area contributed by atoms with Crippen LogP contribution in [0.1, 0.15) is 25.8 Å². The van der Waals surface area contributed by atoms with Gasteiger partial charge in [0.05, 0.1) is 23.5 Å². The zero-order chi connectivity index (χ0) is 26.9. The van der Waals surface area contributed by atoms with Crippen LogP contribution in [0.3, 0.4) is 0 Å². The van der Waals surface area contributed by atoms with Gasteiger partial charge in [0.2, 0.25) is 10.0 Å². The molecule has 3 atom stereocenters. The Morgan fingerprint density at radius 3 is 1.69 bits per heavy atom. The Bertz CT molecular complexity index is 933. The van der Waals surface area contributed by atoms with Crippen LogP contribution in [0.15, 0.2) is 29.2 Å². The molecule has 12 nitrogen and oxygen atoms in total. The minimum absolute atomic E-state index is 0.154. The third-order valence-electron chi connectivity index (χ3n) is 5.86. The average Bonchev–Trinajstić information content (AvgIpc) is 2.84. The topological polar surface area (TPSA) is 171 Å². The second-order valence-electron chi connectivity index (χ2n) is 9.33. The van der Waals surface area contributed by atoms with Crippen molar-refractivity contribution in [1.29, 1.82) is 0 Å². The molecule has 36 heavy (non-hydrogen) atoms. The number of rotatable bonds is 12. The quantitative estimate of drug-likeness (QED) is 0.226. The van der Waals surface area contributed by atoms with E-state index in [-0.39, 0.29) is 4.90 Å². The number of benzene rings is 1. The highest BCUT2D eigenvalue weighted by molar-refractivity contribution is 7.89. The van der Waals surface area contributed by atoms with Gasteiger partial charge in [-0.25, -0.2) is 8.42 Å². The summed E-state index contributed by atoms with van der Waals surface area (Å²) in [6.45, 7) is 9.71. The van der Waals surface area contributed by atoms with Gasteiger partial charge in [0.15, 0.2) is 0 Å². The van der Waals surface area contributed by atoms with Crippen molar-refractivity contribution < 1.29 is 38.4 Å². The molecule has 0 amide bonds. The van der Waals surface area contributed by atoms with Crippen molar-refractivity contribution >= 4 is 22.0 Å². The van der Waals surface area contributed by atoms with E-state index in [1.54, 1.807) is 26.0 Å². The molecule has 1 aromatic carbocycles. The van der Waals surface area contributed by atoms with Crippen LogP contribution < -0.4 is 4.72 Å². The van der Waals surface area contributed by atoms with E-state index in [0.717, 1.165) is 44.8 Å². The third-order valence-corrected chi connectivity index (χ3v) is 7.34. The van der Waals surface area contributed by atoms with Gasteiger partial charge >= 0.3 is 11.9 Å². The molecule has 1 fully saturated rings. The number of carboxylic acid groups (broad SMARTS) is 2. The summed E-state index contributed by atoms with van der Waals surface area (Å²) >= 11 is 0. The largest absolute Gasteiger partial charge is 0.481 e. The van der Waals surface area contributed by atoms with Crippen molar-refractivity contribution in [2.24, 2.45) is 0 Å². The van der Waals surface area contributed by atoms with Crippen LogP contribution in [-0.2, 0) is 26.2 Å². The maximum absolute atomic E-state index is 12.6. The van der Waals surface area contributed by atoms with Crippen LogP contribution in [0, 0.1) is 0 Å². The lowest BCUT2D eigenvalue weighted by Gasteiger charge is -2.27. The predicted octanol–water partition coefficient (Wildman–Crippen LogP) is -0.926. The molecule has 5 N–H and O–H groups in total. The molecule has 2 rings (SSSR count). The Hall–Kier alpha value is -2.13. The van der Waals surface area contributed by atoms with Crippen LogP contribution in [0.5, 0.6) is 0 Å². The Kier molecular flexibility index (Phi) is 11.7. The Balaban J connectivity index is 2.10. The normalized spacial score (nSPS) is 19.6. The van der Waals surface area contributed by atoms with Crippen LogP contribution in [0.25, 0.3) is 0 Å². The lowest BCUT2D eigenvalue weighted by atomic mass is 10.2. The van der Waals surface area contributed by atoms with Crippen molar-refractivity contribution in [3.05, 3.63) is 29.8 Å². The van der Waals surface area contributed by atoms with Crippen molar-refractivity contribution in [3.63, 3.8) is 0 Å². The predicted molar refractivity (Wildman–Crippen MR) is 132 cm³/mol. The standard InChI is InChI=1S/C23H38N4O8S/c1-17(28)14-25-7-8-26(15-18(2)29)10-12-27(11-9-25)16-19-3-5-20(6-4-19)36(34,35)24-21(23(32)33)13-22(30)31/h3-6,17-18,21,24,28-29H,7-16H2,1-2H3,(H,30,31)(H,32,33)/t17-,18-,21?/m0/s1. The molecule has 0 bridgehead atoms. The van der Waals surface area contributed by atoms with Crippen LogP contribution in [-0.4, -0.2) is 126 Å². The molecule has 0 aromatic heterocycles.